The largest absolute Gasteiger partial charge is 0.293 e. The highest BCUT2D eigenvalue weighted by Crippen LogP contribution is 2.24. The minimum absolute atomic E-state index is 0.0139. The zero-order chi connectivity index (χ0) is 15.2. The first kappa shape index (κ1) is 16.2. The van der Waals surface area contributed by atoms with Crippen molar-refractivity contribution >= 4 is 5.78 Å². The van der Waals surface area contributed by atoms with Crippen LogP contribution in [-0.4, -0.2) is 29.8 Å². The maximum atomic E-state index is 12.6. The van der Waals surface area contributed by atoms with Crippen LogP contribution in [0.2, 0.25) is 0 Å². The Bertz CT molecular complexity index is 443. The first-order valence-corrected chi connectivity index (χ1v) is 8.52. The van der Waals surface area contributed by atoms with Crippen LogP contribution in [0.1, 0.15) is 62.4 Å². The standard InChI is InChI=1S/C19H29NO/c1-4-6-17-11-13-20(14-12-17)15(3)19(21)18-9-7-16(5-2)8-10-18/h7-10,15,17H,4-6,11-14H2,1-3H3. The topological polar surface area (TPSA) is 20.3 Å². The Morgan fingerprint density at radius 2 is 1.81 bits per heavy atom. The molecular weight excluding hydrogens is 258 g/mol. The van der Waals surface area contributed by atoms with Gasteiger partial charge in [0.25, 0.3) is 0 Å². The molecule has 0 amide bonds. The van der Waals surface area contributed by atoms with Crippen LogP contribution in [0.5, 0.6) is 0 Å². The van der Waals surface area contributed by atoms with Gasteiger partial charge >= 0.3 is 0 Å². The predicted octanol–water partition coefficient (Wildman–Crippen LogP) is 4.33. The van der Waals surface area contributed by atoms with Gasteiger partial charge in [-0.3, -0.25) is 9.69 Å². The summed E-state index contributed by atoms with van der Waals surface area (Å²) in [7, 11) is 0. The number of carbonyl (C=O) groups is 1. The molecule has 116 valence electrons. The number of rotatable bonds is 6. The molecule has 0 aliphatic carbocycles. The molecule has 1 aliphatic rings. The van der Waals surface area contributed by atoms with E-state index < -0.39 is 0 Å². The van der Waals surface area contributed by atoms with Gasteiger partial charge in [0, 0.05) is 5.56 Å². The zero-order valence-corrected chi connectivity index (χ0v) is 13.8. The molecule has 1 aromatic rings. The van der Waals surface area contributed by atoms with E-state index in [0.29, 0.717) is 0 Å². The van der Waals surface area contributed by atoms with Crippen molar-refractivity contribution < 1.29 is 4.79 Å². The number of hydrogen-bond donors (Lipinski definition) is 0. The predicted molar refractivity (Wildman–Crippen MR) is 88.8 cm³/mol. The van der Waals surface area contributed by atoms with Gasteiger partial charge in [0.2, 0.25) is 0 Å². The lowest BCUT2D eigenvalue weighted by atomic mass is 9.91. The van der Waals surface area contributed by atoms with Gasteiger partial charge in [-0.05, 0) is 50.8 Å². The Hall–Kier alpha value is -1.15. The van der Waals surface area contributed by atoms with Crippen LogP contribution in [0.25, 0.3) is 0 Å². The summed E-state index contributed by atoms with van der Waals surface area (Å²) in [5, 5.41) is 0. The molecule has 1 saturated heterocycles. The van der Waals surface area contributed by atoms with Crippen molar-refractivity contribution in [3.63, 3.8) is 0 Å². The average molecular weight is 287 g/mol. The third kappa shape index (κ3) is 4.16. The summed E-state index contributed by atoms with van der Waals surface area (Å²) in [5.41, 5.74) is 2.15. The summed E-state index contributed by atoms with van der Waals surface area (Å²) in [5.74, 6) is 1.14. The van der Waals surface area contributed by atoms with Crippen molar-refractivity contribution in [3.05, 3.63) is 35.4 Å². The normalized spacial score (nSPS) is 18.6. The van der Waals surface area contributed by atoms with E-state index in [4.69, 9.17) is 0 Å². The first-order valence-electron chi connectivity index (χ1n) is 8.52. The Balaban J connectivity index is 1.93. The van der Waals surface area contributed by atoms with Gasteiger partial charge in [0.1, 0.15) is 0 Å². The number of hydrogen-bond acceptors (Lipinski definition) is 2. The van der Waals surface area contributed by atoms with Gasteiger partial charge in [-0.15, -0.1) is 0 Å². The van der Waals surface area contributed by atoms with Crippen LogP contribution >= 0.6 is 0 Å². The second-order valence-electron chi connectivity index (χ2n) is 6.36. The van der Waals surface area contributed by atoms with Crippen molar-refractivity contribution in [1.29, 1.82) is 0 Å². The third-order valence-electron chi connectivity index (χ3n) is 4.92. The molecule has 1 aromatic carbocycles. The second-order valence-corrected chi connectivity index (χ2v) is 6.36. The molecule has 1 atom stereocenters. The van der Waals surface area contributed by atoms with E-state index in [9.17, 15) is 4.79 Å². The van der Waals surface area contributed by atoms with E-state index in [-0.39, 0.29) is 11.8 Å². The minimum Gasteiger partial charge on any atom is -0.293 e. The highest BCUT2D eigenvalue weighted by Gasteiger charge is 2.26. The van der Waals surface area contributed by atoms with Gasteiger partial charge in [0.15, 0.2) is 5.78 Å². The molecular formula is C19H29NO. The van der Waals surface area contributed by atoms with Crippen LogP contribution in [-0.2, 0) is 6.42 Å². The molecule has 2 nitrogen and oxygen atoms in total. The van der Waals surface area contributed by atoms with Gasteiger partial charge in [-0.1, -0.05) is 51.0 Å². The van der Waals surface area contributed by atoms with E-state index in [1.165, 1.54) is 31.2 Å². The van der Waals surface area contributed by atoms with Gasteiger partial charge in [-0.25, -0.2) is 0 Å². The highest BCUT2D eigenvalue weighted by molar-refractivity contribution is 5.99. The molecule has 1 heterocycles. The summed E-state index contributed by atoms with van der Waals surface area (Å²) in [6.07, 6.45) is 6.15. The lowest BCUT2D eigenvalue weighted by molar-refractivity contribution is 0.0766. The Kier molecular flexibility index (Phi) is 5.98. The molecule has 0 saturated carbocycles. The molecule has 21 heavy (non-hydrogen) atoms. The van der Waals surface area contributed by atoms with Crippen LogP contribution < -0.4 is 0 Å². The van der Waals surface area contributed by atoms with Crippen molar-refractivity contribution in [2.75, 3.05) is 13.1 Å². The molecule has 1 unspecified atom stereocenters. The molecule has 0 radical (unpaired) electrons. The van der Waals surface area contributed by atoms with Crippen molar-refractivity contribution in [3.8, 4) is 0 Å². The Morgan fingerprint density at radius 1 is 1.19 bits per heavy atom. The van der Waals surface area contributed by atoms with Crippen molar-refractivity contribution in [1.82, 2.24) is 4.90 Å². The molecule has 0 N–H and O–H groups in total. The van der Waals surface area contributed by atoms with E-state index >= 15 is 0 Å². The van der Waals surface area contributed by atoms with E-state index in [1.807, 2.05) is 12.1 Å². The number of likely N-dealkylation sites (tertiary alicyclic amines) is 1. The average Bonchev–Trinajstić information content (AvgIpc) is 2.54. The first-order chi connectivity index (χ1) is 10.2. The van der Waals surface area contributed by atoms with E-state index in [0.717, 1.165) is 31.0 Å². The number of benzene rings is 1. The zero-order valence-electron chi connectivity index (χ0n) is 13.8. The molecule has 2 rings (SSSR count). The molecule has 0 bridgehead atoms. The molecule has 0 spiro atoms. The highest BCUT2D eigenvalue weighted by atomic mass is 16.1. The van der Waals surface area contributed by atoms with Gasteiger partial charge in [-0.2, -0.15) is 0 Å². The summed E-state index contributed by atoms with van der Waals surface area (Å²) < 4.78 is 0. The smallest absolute Gasteiger partial charge is 0.179 e. The Labute approximate surface area is 129 Å². The van der Waals surface area contributed by atoms with Crippen LogP contribution in [0.3, 0.4) is 0 Å². The summed E-state index contributed by atoms with van der Waals surface area (Å²) in [6, 6.07) is 8.14. The fourth-order valence-electron chi connectivity index (χ4n) is 3.35. The summed E-state index contributed by atoms with van der Waals surface area (Å²) in [6.45, 7) is 8.61. The number of ketones is 1. The monoisotopic (exact) mass is 287 g/mol. The number of nitrogens with zero attached hydrogens (tertiary/aromatic N) is 1. The molecule has 2 heteroatoms. The van der Waals surface area contributed by atoms with Gasteiger partial charge in [0.05, 0.1) is 6.04 Å². The lowest BCUT2D eigenvalue weighted by Gasteiger charge is -2.35. The van der Waals surface area contributed by atoms with E-state index in [1.54, 1.807) is 0 Å². The number of carbonyl (C=O) groups excluding carboxylic acids is 1. The lowest BCUT2D eigenvalue weighted by Crippen LogP contribution is -2.44. The third-order valence-corrected chi connectivity index (χ3v) is 4.92. The van der Waals surface area contributed by atoms with E-state index in [2.05, 4.69) is 37.8 Å². The fraction of sp³-hybridized carbons (Fsp3) is 0.632. The second kappa shape index (κ2) is 7.74. The van der Waals surface area contributed by atoms with Crippen LogP contribution in [0, 0.1) is 5.92 Å². The van der Waals surface area contributed by atoms with Crippen molar-refractivity contribution in [2.45, 2.75) is 58.9 Å². The van der Waals surface area contributed by atoms with Crippen LogP contribution in [0.15, 0.2) is 24.3 Å². The maximum absolute atomic E-state index is 12.6. The summed E-state index contributed by atoms with van der Waals surface area (Å²) in [4.78, 5) is 15.0. The summed E-state index contributed by atoms with van der Waals surface area (Å²) >= 11 is 0. The van der Waals surface area contributed by atoms with Gasteiger partial charge < -0.3 is 0 Å². The molecule has 1 fully saturated rings. The SMILES string of the molecule is CCCC1CCN(C(C)C(=O)c2ccc(CC)cc2)CC1. The number of Topliss-reactive ketones (excluding diaryl/α,β-unsaturated/α-hetero) is 1. The molecule has 0 aromatic heterocycles. The minimum atomic E-state index is 0.0139. The quantitative estimate of drug-likeness (QED) is 0.726. The van der Waals surface area contributed by atoms with Crippen molar-refractivity contribution in [2.24, 2.45) is 5.92 Å². The molecule has 1 aliphatic heterocycles. The maximum Gasteiger partial charge on any atom is 0.179 e. The van der Waals surface area contributed by atoms with Crippen LogP contribution in [0.4, 0.5) is 0 Å². The fourth-order valence-corrected chi connectivity index (χ4v) is 3.35. The number of piperidine rings is 1. The number of aryl methyl sites for hydroxylation is 1. The Morgan fingerprint density at radius 3 is 2.33 bits per heavy atom.